The van der Waals surface area contributed by atoms with Crippen LogP contribution in [-0.2, 0) is 28.3 Å². The summed E-state index contributed by atoms with van der Waals surface area (Å²) in [4.78, 5) is 11.9. The van der Waals surface area contributed by atoms with Gasteiger partial charge in [0.15, 0.2) is 4.77 Å². The molecule has 0 saturated heterocycles. The van der Waals surface area contributed by atoms with Crippen LogP contribution in [0.2, 0.25) is 0 Å². The van der Waals surface area contributed by atoms with Gasteiger partial charge in [-0.05, 0) is 36.5 Å². The molecule has 3 N–H and O–H groups in total. The monoisotopic (exact) mass is 447 g/mol. The van der Waals surface area contributed by atoms with Crippen molar-refractivity contribution in [2.45, 2.75) is 17.7 Å². The third-order valence-corrected chi connectivity index (χ3v) is 5.78. The van der Waals surface area contributed by atoms with Gasteiger partial charge in [0.1, 0.15) is 5.82 Å². The van der Waals surface area contributed by atoms with Crippen molar-refractivity contribution in [3.63, 3.8) is 0 Å². The molecule has 136 valence electrons. The third kappa shape index (κ3) is 5.73. The average molecular weight is 448 g/mol. The molecule has 11 heteroatoms. The van der Waals surface area contributed by atoms with Crippen molar-refractivity contribution in [1.29, 1.82) is 0 Å². The number of nitrogens with zero attached hydrogens (tertiary/aromatic N) is 2. The number of sulfonamides is 1. The first-order valence-electron chi connectivity index (χ1n) is 7.42. The Kier molecular flexibility index (Phi) is 6.87. The van der Waals surface area contributed by atoms with E-state index >= 15 is 0 Å². The minimum Gasteiger partial charge on any atom is -0.356 e. The number of carbonyl (C=O) groups is 1. The second kappa shape index (κ2) is 8.70. The summed E-state index contributed by atoms with van der Waals surface area (Å²) in [6.45, 7) is 0.419. The highest BCUT2D eigenvalue weighted by Crippen LogP contribution is 2.14. The molecular weight excluding hydrogens is 430 g/mol. The van der Waals surface area contributed by atoms with Crippen molar-refractivity contribution in [3.05, 3.63) is 39.3 Å². The predicted molar refractivity (Wildman–Crippen MR) is 99.1 cm³/mol. The fourth-order valence-electron chi connectivity index (χ4n) is 2.00. The zero-order valence-electron chi connectivity index (χ0n) is 13.5. The fraction of sp³-hybridized carbons (Fsp3) is 0.357. The first-order chi connectivity index (χ1) is 11.8. The average Bonchev–Trinajstić information content (AvgIpc) is 2.87. The van der Waals surface area contributed by atoms with Crippen molar-refractivity contribution >= 4 is 44.1 Å². The van der Waals surface area contributed by atoms with E-state index in [1.54, 1.807) is 23.7 Å². The van der Waals surface area contributed by atoms with Gasteiger partial charge in [-0.1, -0.05) is 15.9 Å². The summed E-state index contributed by atoms with van der Waals surface area (Å²) >= 11 is 8.25. The minimum absolute atomic E-state index is 0.0245. The number of carbonyl (C=O) groups excluding carboxylic acids is 1. The van der Waals surface area contributed by atoms with Gasteiger partial charge >= 0.3 is 0 Å². The molecular formula is C14H18BrN5O3S2. The molecule has 0 spiro atoms. The molecule has 0 atom stereocenters. The van der Waals surface area contributed by atoms with E-state index in [0.717, 1.165) is 10.3 Å². The van der Waals surface area contributed by atoms with Gasteiger partial charge in [0, 0.05) is 37.5 Å². The molecule has 8 nitrogen and oxygen atoms in total. The van der Waals surface area contributed by atoms with Crippen LogP contribution in [0.15, 0.2) is 33.6 Å². The molecule has 2 rings (SSSR count). The number of aromatic nitrogens is 3. The van der Waals surface area contributed by atoms with E-state index in [1.807, 2.05) is 0 Å². The van der Waals surface area contributed by atoms with Crippen LogP contribution in [0.1, 0.15) is 12.2 Å². The molecule has 1 heterocycles. The van der Waals surface area contributed by atoms with Gasteiger partial charge in [-0.2, -0.15) is 5.10 Å². The van der Waals surface area contributed by atoms with Gasteiger partial charge in [-0.3, -0.25) is 9.89 Å². The Labute approximate surface area is 159 Å². The van der Waals surface area contributed by atoms with Crippen LogP contribution in [-0.4, -0.2) is 42.2 Å². The first kappa shape index (κ1) is 19.8. The molecule has 1 amide bonds. The third-order valence-electron chi connectivity index (χ3n) is 3.41. The van der Waals surface area contributed by atoms with E-state index in [9.17, 15) is 13.2 Å². The number of halogens is 1. The van der Waals surface area contributed by atoms with Crippen molar-refractivity contribution in [3.8, 4) is 0 Å². The lowest BCUT2D eigenvalue weighted by atomic mass is 10.3. The molecule has 0 aliphatic heterocycles. The maximum Gasteiger partial charge on any atom is 0.240 e. The van der Waals surface area contributed by atoms with Gasteiger partial charge in [0.25, 0.3) is 0 Å². The number of amides is 1. The Morgan fingerprint density at radius 3 is 2.60 bits per heavy atom. The topological polar surface area (TPSA) is 109 Å². The second-order valence-electron chi connectivity index (χ2n) is 5.21. The van der Waals surface area contributed by atoms with E-state index in [-0.39, 0.29) is 23.8 Å². The summed E-state index contributed by atoms with van der Waals surface area (Å²) in [5, 5.41) is 9.43. The highest BCUT2D eigenvalue weighted by Gasteiger charge is 2.14. The molecule has 1 aromatic heterocycles. The highest BCUT2D eigenvalue weighted by molar-refractivity contribution is 9.10. The summed E-state index contributed by atoms with van der Waals surface area (Å²) in [7, 11) is -1.83. The summed E-state index contributed by atoms with van der Waals surface area (Å²) in [5.74, 6) is 0.497. The maximum absolute atomic E-state index is 12.1. The van der Waals surface area contributed by atoms with E-state index < -0.39 is 10.0 Å². The normalized spacial score (nSPS) is 11.4. The minimum atomic E-state index is -3.62. The molecule has 2 aromatic rings. The zero-order valence-corrected chi connectivity index (χ0v) is 16.7. The SMILES string of the molecule is Cn1c(CCNC(=O)CCNS(=O)(=O)c2ccc(Br)cc2)n[nH]c1=S. The van der Waals surface area contributed by atoms with E-state index in [1.165, 1.54) is 12.1 Å². The molecule has 0 fully saturated rings. The zero-order chi connectivity index (χ0) is 18.4. The Morgan fingerprint density at radius 1 is 1.32 bits per heavy atom. The van der Waals surface area contributed by atoms with E-state index in [4.69, 9.17) is 12.2 Å². The largest absolute Gasteiger partial charge is 0.356 e. The van der Waals surface area contributed by atoms with Crippen molar-refractivity contribution in [1.82, 2.24) is 24.8 Å². The van der Waals surface area contributed by atoms with Crippen LogP contribution in [0, 0.1) is 4.77 Å². The Hall–Kier alpha value is -1.56. The van der Waals surface area contributed by atoms with Gasteiger partial charge < -0.3 is 9.88 Å². The van der Waals surface area contributed by atoms with Crippen molar-refractivity contribution in [2.75, 3.05) is 13.1 Å². The quantitative estimate of drug-likeness (QED) is 0.527. The van der Waals surface area contributed by atoms with Gasteiger partial charge in [0.05, 0.1) is 4.90 Å². The van der Waals surface area contributed by atoms with Gasteiger partial charge in [-0.25, -0.2) is 13.1 Å². The first-order valence-corrected chi connectivity index (χ1v) is 10.1. The molecule has 0 aliphatic rings. The Balaban J connectivity index is 1.73. The van der Waals surface area contributed by atoms with Crippen LogP contribution in [0.4, 0.5) is 0 Å². The van der Waals surface area contributed by atoms with Gasteiger partial charge in [-0.15, -0.1) is 0 Å². The number of benzene rings is 1. The summed E-state index contributed by atoms with van der Waals surface area (Å²) in [6, 6.07) is 6.27. The number of H-pyrrole nitrogens is 1. The molecule has 0 saturated carbocycles. The summed E-state index contributed by atoms with van der Waals surface area (Å²) in [6.07, 6.45) is 0.578. The molecule has 0 bridgehead atoms. The molecule has 0 unspecified atom stereocenters. The standard InChI is InChI=1S/C14H18BrN5O3S2/c1-20-12(18-19-14(20)24)6-8-16-13(21)7-9-17-25(22,23)11-4-2-10(15)3-5-11/h2-5,17H,6-9H2,1H3,(H,16,21)(H,19,24). The lowest BCUT2D eigenvalue weighted by molar-refractivity contribution is -0.120. The molecule has 0 aliphatic carbocycles. The molecule has 0 radical (unpaired) electrons. The summed E-state index contributed by atoms with van der Waals surface area (Å²) in [5.41, 5.74) is 0. The van der Waals surface area contributed by atoms with Crippen molar-refractivity contribution < 1.29 is 13.2 Å². The van der Waals surface area contributed by atoms with Crippen LogP contribution in [0.5, 0.6) is 0 Å². The van der Waals surface area contributed by atoms with Crippen LogP contribution in [0.25, 0.3) is 0 Å². The lowest BCUT2D eigenvalue weighted by Crippen LogP contribution is -2.32. The smallest absolute Gasteiger partial charge is 0.240 e. The van der Waals surface area contributed by atoms with Crippen LogP contribution in [0.3, 0.4) is 0 Å². The highest BCUT2D eigenvalue weighted by atomic mass is 79.9. The lowest BCUT2D eigenvalue weighted by Gasteiger charge is -2.08. The number of hydrogen-bond acceptors (Lipinski definition) is 5. The Morgan fingerprint density at radius 2 is 2.00 bits per heavy atom. The second-order valence-corrected chi connectivity index (χ2v) is 8.27. The number of rotatable bonds is 8. The number of aromatic amines is 1. The number of hydrogen-bond donors (Lipinski definition) is 3. The predicted octanol–water partition coefficient (Wildman–Crippen LogP) is 1.27. The van der Waals surface area contributed by atoms with Crippen LogP contribution < -0.4 is 10.0 Å². The van der Waals surface area contributed by atoms with E-state index in [2.05, 4.69) is 36.2 Å². The van der Waals surface area contributed by atoms with Crippen molar-refractivity contribution in [2.24, 2.45) is 7.05 Å². The summed E-state index contributed by atoms with van der Waals surface area (Å²) < 4.78 is 29.6. The van der Waals surface area contributed by atoms with Gasteiger partial charge in [0.2, 0.25) is 15.9 Å². The fourth-order valence-corrected chi connectivity index (χ4v) is 3.45. The van der Waals surface area contributed by atoms with E-state index in [0.29, 0.717) is 17.7 Å². The molecule has 1 aromatic carbocycles. The Bertz CT molecular complexity index is 890. The molecule has 25 heavy (non-hydrogen) atoms. The van der Waals surface area contributed by atoms with Crippen LogP contribution >= 0.6 is 28.1 Å². The number of nitrogens with one attached hydrogen (secondary N) is 3. The maximum atomic E-state index is 12.1.